The molecule has 1 amide bonds. The molecule has 0 saturated heterocycles. The number of anilines is 2. The lowest BCUT2D eigenvalue weighted by atomic mass is 10.1. The van der Waals surface area contributed by atoms with Gasteiger partial charge in [-0.15, -0.1) is 0 Å². The van der Waals surface area contributed by atoms with Gasteiger partial charge in [-0.1, -0.05) is 36.4 Å². The maximum atomic E-state index is 12.0. The summed E-state index contributed by atoms with van der Waals surface area (Å²) in [6.07, 6.45) is 3.27. The summed E-state index contributed by atoms with van der Waals surface area (Å²) in [4.78, 5) is 14.4. The van der Waals surface area contributed by atoms with Crippen molar-refractivity contribution >= 4 is 17.3 Å². The number of hydrogen-bond acceptors (Lipinski definition) is 3. The van der Waals surface area contributed by atoms with Gasteiger partial charge in [-0.05, 0) is 42.5 Å². The van der Waals surface area contributed by atoms with Crippen molar-refractivity contribution in [3.8, 4) is 0 Å². The largest absolute Gasteiger partial charge is 0.399 e. The number of carbonyl (C=O) groups excluding carboxylic acids is 1. The second-order valence-corrected chi connectivity index (χ2v) is 6.27. The van der Waals surface area contributed by atoms with Crippen LogP contribution in [-0.2, 0) is 17.6 Å². The number of fused-ring (bicyclic) bond motifs is 1. The topological polar surface area (TPSA) is 58.4 Å². The summed E-state index contributed by atoms with van der Waals surface area (Å²) >= 11 is 0. The molecular weight excluding hydrogens is 298 g/mol. The molecule has 1 heterocycles. The van der Waals surface area contributed by atoms with E-state index in [1.54, 1.807) is 0 Å². The van der Waals surface area contributed by atoms with Crippen molar-refractivity contribution in [1.82, 2.24) is 5.32 Å². The van der Waals surface area contributed by atoms with E-state index < -0.39 is 0 Å². The molecule has 0 saturated carbocycles. The van der Waals surface area contributed by atoms with Gasteiger partial charge in [0.15, 0.2) is 0 Å². The Labute approximate surface area is 143 Å². The van der Waals surface area contributed by atoms with Crippen LogP contribution in [0.3, 0.4) is 0 Å². The number of nitrogens with zero attached hydrogens (tertiary/aromatic N) is 1. The molecule has 2 aromatic carbocycles. The zero-order chi connectivity index (χ0) is 16.8. The normalized spacial score (nSPS) is 12.9. The number of nitrogens with two attached hydrogens (primary N) is 1. The zero-order valence-corrected chi connectivity index (χ0v) is 14.0. The van der Waals surface area contributed by atoms with Crippen LogP contribution in [0.1, 0.15) is 24.0 Å². The van der Waals surface area contributed by atoms with Gasteiger partial charge in [-0.3, -0.25) is 4.79 Å². The smallest absolute Gasteiger partial charge is 0.220 e. The van der Waals surface area contributed by atoms with Crippen LogP contribution in [0.15, 0.2) is 48.5 Å². The first-order valence-electron chi connectivity index (χ1n) is 8.67. The molecule has 3 rings (SSSR count). The van der Waals surface area contributed by atoms with Crippen LogP contribution in [-0.4, -0.2) is 25.5 Å². The molecule has 1 aliphatic heterocycles. The number of aryl methyl sites for hydroxylation is 1. The number of nitrogens with one attached hydrogen (secondary N) is 1. The molecule has 0 unspecified atom stereocenters. The van der Waals surface area contributed by atoms with Gasteiger partial charge in [0.2, 0.25) is 5.91 Å². The van der Waals surface area contributed by atoms with Gasteiger partial charge in [-0.25, -0.2) is 0 Å². The molecular formula is C20H25N3O. The highest BCUT2D eigenvalue weighted by Crippen LogP contribution is 2.27. The molecule has 0 bridgehead atoms. The van der Waals surface area contributed by atoms with Crippen LogP contribution in [0.5, 0.6) is 0 Å². The Morgan fingerprint density at radius 3 is 2.79 bits per heavy atom. The average Bonchev–Trinajstić information content (AvgIpc) is 3.01. The van der Waals surface area contributed by atoms with Gasteiger partial charge in [0, 0.05) is 37.4 Å². The molecule has 1 aliphatic rings. The van der Waals surface area contributed by atoms with Crippen molar-refractivity contribution in [3.63, 3.8) is 0 Å². The van der Waals surface area contributed by atoms with Crippen LogP contribution in [0.4, 0.5) is 11.4 Å². The van der Waals surface area contributed by atoms with Crippen LogP contribution in [0, 0.1) is 0 Å². The molecule has 0 fully saturated rings. The quantitative estimate of drug-likeness (QED) is 0.608. The standard InChI is InChI=1S/C20H25N3O/c21-18-8-3-1-6-16(18)10-11-20(24)22-13-5-14-23-15-12-17-7-2-4-9-19(17)23/h1-4,6-9H,5,10-15,21H2,(H,22,24). The highest BCUT2D eigenvalue weighted by atomic mass is 16.1. The van der Waals surface area contributed by atoms with Gasteiger partial charge in [0.1, 0.15) is 0 Å². The minimum Gasteiger partial charge on any atom is -0.399 e. The Bertz CT molecular complexity index is 699. The van der Waals surface area contributed by atoms with E-state index in [1.807, 2.05) is 24.3 Å². The minimum atomic E-state index is 0.0973. The van der Waals surface area contributed by atoms with Crippen molar-refractivity contribution in [3.05, 3.63) is 59.7 Å². The average molecular weight is 323 g/mol. The van der Waals surface area contributed by atoms with Crippen LogP contribution in [0.25, 0.3) is 0 Å². The van der Waals surface area contributed by atoms with Crippen molar-refractivity contribution in [1.29, 1.82) is 0 Å². The van der Waals surface area contributed by atoms with E-state index in [-0.39, 0.29) is 5.91 Å². The molecule has 2 aromatic rings. The molecule has 126 valence electrons. The second kappa shape index (κ2) is 7.86. The Morgan fingerprint density at radius 2 is 1.92 bits per heavy atom. The van der Waals surface area contributed by atoms with Gasteiger partial charge >= 0.3 is 0 Å². The molecule has 0 aliphatic carbocycles. The lowest BCUT2D eigenvalue weighted by Crippen LogP contribution is -2.29. The predicted molar refractivity (Wildman–Crippen MR) is 99.2 cm³/mol. The predicted octanol–water partition coefficient (Wildman–Crippen LogP) is 2.77. The third kappa shape index (κ3) is 4.07. The maximum Gasteiger partial charge on any atom is 0.220 e. The van der Waals surface area contributed by atoms with Crippen molar-refractivity contribution < 1.29 is 4.79 Å². The molecule has 0 atom stereocenters. The number of carbonyl (C=O) groups is 1. The van der Waals surface area contributed by atoms with Crippen molar-refractivity contribution in [2.24, 2.45) is 0 Å². The molecule has 0 radical (unpaired) electrons. The molecule has 24 heavy (non-hydrogen) atoms. The van der Waals surface area contributed by atoms with Gasteiger partial charge < -0.3 is 16.0 Å². The van der Waals surface area contributed by atoms with E-state index in [0.29, 0.717) is 12.8 Å². The summed E-state index contributed by atoms with van der Waals surface area (Å²) < 4.78 is 0. The summed E-state index contributed by atoms with van der Waals surface area (Å²) in [5, 5.41) is 3.01. The summed E-state index contributed by atoms with van der Waals surface area (Å²) in [5.74, 6) is 0.0973. The van der Waals surface area contributed by atoms with E-state index in [9.17, 15) is 4.79 Å². The van der Waals surface area contributed by atoms with E-state index in [0.717, 1.165) is 43.7 Å². The number of para-hydroxylation sites is 2. The monoisotopic (exact) mass is 323 g/mol. The van der Waals surface area contributed by atoms with E-state index in [4.69, 9.17) is 5.73 Å². The van der Waals surface area contributed by atoms with Gasteiger partial charge in [0.25, 0.3) is 0 Å². The number of benzene rings is 2. The maximum absolute atomic E-state index is 12.0. The summed E-state index contributed by atoms with van der Waals surface area (Å²) in [6.45, 7) is 2.80. The van der Waals surface area contributed by atoms with Gasteiger partial charge in [-0.2, -0.15) is 0 Å². The number of rotatable bonds is 7. The highest BCUT2D eigenvalue weighted by molar-refractivity contribution is 5.76. The van der Waals surface area contributed by atoms with E-state index in [2.05, 4.69) is 34.5 Å². The Kier molecular flexibility index (Phi) is 5.36. The Morgan fingerprint density at radius 1 is 1.12 bits per heavy atom. The van der Waals surface area contributed by atoms with Crippen molar-refractivity contribution in [2.75, 3.05) is 30.3 Å². The van der Waals surface area contributed by atoms with E-state index >= 15 is 0 Å². The molecule has 4 heteroatoms. The number of hydrogen-bond donors (Lipinski definition) is 2. The second-order valence-electron chi connectivity index (χ2n) is 6.27. The van der Waals surface area contributed by atoms with Crippen LogP contribution < -0.4 is 16.0 Å². The summed E-state index contributed by atoms with van der Waals surface area (Å²) in [5.41, 5.74) is 10.5. The van der Waals surface area contributed by atoms with E-state index in [1.165, 1.54) is 11.3 Å². The fraction of sp³-hybridized carbons (Fsp3) is 0.350. The number of amides is 1. The Balaban J connectivity index is 1.35. The first-order chi connectivity index (χ1) is 11.7. The molecule has 4 nitrogen and oxygen atoms in total. The third-order valence-electron chi connectivity index (χ3n) is 4.59. The highest BCUT2D eigenvalue weighted by Gasteiger charge is 2.17. The molecule has 3 N–H and O–H groups in total. The SMILES string of the molecule is Nc1ccccc1CCC(=O)NCCCN1CCc2ccccc21. The minimum absolute atomic E-state index is 0.0973. The van der Waals surface area contributed by atoms with Crippen molar-refractivity contribution in [2.45, 2.75) is 25.7 Å². The molecule has 0 aromatic heterocycles. The van der Waals surface area contributed by atoms with Gasteiger partial charge in [0.05, 0.1) is 0 Å². The first-order valence-corrected chi connectivity index (χ1v) is 8.67. The zero-order valence-electron chi connectivity index (χ0n) is 14.0. The fourth-order valence-corrected chi connectivity index (χ4v) is 3.24. The first kappa shape index (κ1) is 16.4. The Hall–Kier alpha value is -2.49. The number of nitrogen functional groups attached to an aromatic ring is 1. The summed E-state index contributed by atoms with van der Waals surface area (Å²) in [7, 11) is 0. The van der Waals surface area contributed by atoms with Crippen LogP contribution >= 0.6 is 0 Å². The fourth-order valence-electron chi connectivity index (χ4n) is 3.24. The third-order valence-corrected chi connectivity index (χ3v) is 4.59. The summed E-state index contributed by atoms with van der Waals surface area (Å²) in [6, 6.07) is 16.3. The lowest BCUT2D eigenvalue weighted by molar-refractivity contribution is -0.121. The lowest BCUT2D eigenvalue weighted by Gasteiger charge is -2.19. The van der Waals surface area contributed by atoms with Crippen LogP contribution in [0.2, 0.25) is 0 Å². The molecule has 0 spiro atoms.